The van der Waals surface area contributed by atoms with Gasteiger partial charge in [0.05, 0.1) is 17.7 Å². The Hall–Kier alpha value is -1.39. The number of ether oxygens (including phenoxy) is 1. The Labute approximate surface area is 129 Å². The fraction of sp³-hybridized carbons (Fsp3) is 0.471. The predicted octanol–water partition coefficient (Wildman–Crippen LogP) is 4.48. The van der Waals surface area contributed by atoms with E-state index in [1.807, 2.05) is 13.3 Å². The van der Waals surface area contributed by atoms with E-state index < -0.39 is 8.07 Å². The Morgan fingerprint density at radius 2 is 1.76 bits per heavy atom. The molecule has 0 aliphatic rings. The number of benzene rings is 1. The number of aryl methyl sites for hydroxylation is 2. The number of rotatable bonds is 6. The normalized spacial score (nSPS) is 11.9. The molecule has 1 aromatic carbocycles. The van der Waals surface area contributed by atoms with E-state index >= 15 is 0 Å². The summed E-state index contributed by atoms with van der Waals surface area (Å²) >= 11 is 0. The number of nitrogens with zero attached hydrogens (tertiary/aromatic N) is 2. The average Bonchev–Trinajstić information content (AvgIpc) is 2.76. The molecule has 0 fully saturated rings. The molecule has 1 aromatic heterocycles. The largest absolute Gasteiger partial charge is 0.361 e. The van der Waals surface area contributed by atoms with Gasteiger partial charge in [0.15, 0.2) is 0 Å². The van der Waals surface area contributed by atoms with Crippen molar-refractivity contribution >= 4 is 8.07 Å². The Morgan fingerprint density at radius 3 is 2.38 bits per heavy atom. The van der Waals surface area contributed by atoms with E-state index in [0.717, 1.165) is 18.0 Å². The summed E-state index contributed by atoms with van der Waals surface area (Å²) in [6.45, 7) is 12.7. The van der Waals surface area contributed by atoms with Gasteiger partial charge in [-0.2, -0.15) is 0 Å². The molecule has 0 radical (unpaired) electrons. The Kier molecular flexibility index (Phi) is 5.01. The zero-order valence-electron chi connectivity index (χ0n) is 13.8. The average molecular weight is 302 g/mol. The van der Waals surface area contributed by atoms with Crippen LogP contribution in [0.5, 0.6) is 0 Å². The fourth-order valence-corrected chi connectivity index (χ4v) is 2.96. The number of hydrogen-bond acceptors (Lipinski definition) is 2. The molecule has 21 heavy (non-hydrogen) atoms. The minimum atomic E-state index is -1.02. The zero-order valence-corrected chi connectivity index (χ0v) is 14.8. The van der Waals surface area contributed by atoms with E-state index in [0.29, 0.717) is 6.73 Å². The summed E-state index contributed by atoms with van der Waals surface area (Å²) in [5.41, 5.74) is 4.67. The molecule has 114 valence electrons. The van der Waals surface area contributed by atoms with Crippen molar-refractivity contribution in [2.45, 2.75) is 46.3 Å². The number of hydrogen-bond donors (Lipinski definition) is 0. The maximum Gasteiger partial charge on any atom is 0.124 e. The van der Waals surface area contributed by atoms with Crippen LogP contribution >= 0.6 is 0 Å². The highest BCUT2D eigenvalue weighted by Gasteiger charge is 2.13. The van der Waals surface area contributed by atoms with Crippen LogP contribution in [-0.2, 0) is 11.5 Å². The molecule has 0 bridgehead atoms. The zero-order chi connectivity index (χ0) is 15.5. The minimum Gasteiger partial charge on any atom is -0.361 e. The van der Waals surface area contributed by atoms with Crippen molar-refractivity contribution in [3.05, 3.63) is 41.9 Å². The molecule has 1 heterocycles. The van der Waals surface area contributed by atoms with E-state index in [-0.39, 0.29) is 0 Å². The fourth-order valence-electron chi connectivity index (χ4n) is 2.21. The summed E-state index contributed by atoms with van der Waals surface area (Å²) in [4.78, 5) is 4.43. The second kappa shape index (κ2) is 6.58. The lowest BCUT2D eigenvalue weighted by Crippen LogP contribution is -2.22. The molecule has 2 aromatic rings. The highest BCUT2D eigenvalue weighted by atomic mass is 28.3. The van der Waals surface area contributed by atoms with Crippen LogP contribution in [0.2, 0.25) is 25.7 Å². The van der Waals surface area contributed by atoms with Crippen molar-refractivity contribution in [3.8, 4) is 11.3 Å². The third kappa shape index (κ3) is 4.54. The summed E-state index contributed by atoms with van der Waals surface area (Å²) < 4.78 is 7.95. The minimum absolute atomic E-state index is 0.578. The van der Waals surface area contributed by atoms with Crippen LogP contribution in [0.4, 0.5) is 0 Å². The molecule has 0 spiro atoms. The first-order valence-electron chi connectivity index (χ1n) is 7.53. The van der Waals surface area contributed by atoms with Crippen LogP contribution < -0.4 is 0 Å². The molecule has 0 unspecified atom stereocenters. The third-order valence-electron chi connectivity index (χ3n) is 3.57. The van der Waals surface area contributed by atoms with E-state index in [1.165, 1.54) is 17.2 Å². The molecule has 0 saturated carbocycles. The van der Waals surface area contributed by atoms with Crippen LogP contribution in [0.25, 0.3) is 11.3 Å². The van der Waals surface area contributed by atoms with Crippen molar-refractivity contribution < 1.29 is 4.74 Å². The first-order valence-corrected chi connectivity index (χ1v) is 11.2. The van der Waals surface area contributed by atoms with Gasteiger partial charge >= 0.3 is 0 Å². The van der Waals surface area contributed by atoms with Crippen molar-refractivity contribution in [2.75, 3.05) is 6.61 Å². The molecule has 0 N–H and O–H groups in total. The molecular weight excluding hydrogens is 276 g/mol. The molecule has 0 amide bonds. The lowest BCUT2D eigenvalue weighted by atomic mass is 10.1. The maximum atomic E-state index is 5.85. The van der Waals surface area contributed by atoms with Gasteiger partial charge in [-0.3, -0.25) is 0 Å². The quantitative estimate of drug-likeness (QED) is 0.581. The molecule has 2 rings (SSSR count). The molecule has 4 heteroatoms. The van der Waals surface area contributed by atoms with Gasteiger partial charge in [0.2, 0.25) is 0 Å². The SMILES string of the molecule is Cc1ccc(-c2c(C)ncn2COCC[Si](C)(C)C)cc1. The monoisotopic (exact) mass is 302 g/mol. The highest BCUT2D eigenvalue weighted by Crippen LogP contribution is 2.23. The Morgan fingerprint density at radius 1 is 1.10 bits per heavy atom. The van der Waals surface area contributed by atoms with Crippen LogP contribution in [0.1, 0.15) is 11.3 Å². The first kappa shape index (κ1) is 16.0. The summed E-state index contributed by atoms with van der Waals surface area (Å²) in [7, 11) is -1.02. The van der Waals surface area contributed by atoms with Gasteiger partial charge in [0, 0.05) is 20.2 Å². The second-order valence-electron chi connectivity index (χ2n) is 6.86. The summed E-state index contributed by atoms with van der Waals surface area (Å²) in [6, 6.07) is 9.77. The van der Waals surface area contributed by atoms with Crippen molar-refractivity contribution in [1.29, 1.82) is 0 Å². The summed E-state index contributed by atoms with van der Waals surface area (Å²) in [5.74, 6) is 0. The molecule has 0 aliphatic heterocycles. The van der Waals surface area contributed by atoms with Crippen LogP contribution in [0, 0.1) is 13.8 Å². The van der Waals surface area contributed by atoms with E-state index in [4.69, 9.17) is 4.74 Å². The van der Waals surface area contributed by atoms with Crippen molar-refractivity contribution in [1.82, 2.24) is 9.55 Å². The van der Waals surface area contributed by atoms with Gasteiger partial charge in [-0.1, -0.05) is 49.5 Å². The second-order valence-corrected chi connectivity index (χ2v) is 12.5. The summed E-state index contributed by atoms with van der Waals surface area (Å²) in [6.07, 6.45) is 1.87. The Bertz CT molecular complexity index is 582. The molecule has 0 aliphatic carbocycles. The van der Waals surface area contributed by atoms with Crippen LogP contribution in [0.3, 0.4) is 0 Å². The topological polar surface area (TPSA) is 27.1 Å². The van der Waals surface area contributed by atoms with Crippen LogP contribution in [-0.4, -0.2) is 24.2 Å². The van der Waals surface area contributed by atoms with Gasteiger partial charge in [-0.15, -0.1) is 0 Å². The van der Waals surface area contributed by atoms with E-state index in [9.17, 15) is 0 Å². The molecular formula is C17H26N2OSi. The lowest BCUT2D eigenvalue weighted by Gasteiger charge is -2.16. The molecule has 0 saturated heterocycles. The number of imidazole rings is 1. The molecule has 0 atom stereocenters. The predicted molar refractivity (Wildman–Crippen MR) is 91.2 cm³/mol. The smallest absolute Gasteiger partial charge is 0.124 e. The Balaban J connectivity index is 2.06. The standard InChI is InChI=1S/C17H26N2OSi/c1-14-6-8-16(9-7-14)17-15(2)18-12-19(17)13-20-10-11-21(3,4)5/h6-9,12H,10-11,13H2,1-5H3. The van der Waals surface area contributed by atoms with Crippen LogP contribution in [0.15, 0.2) is 30.6 Å². The van der Waals surface area contributed by atoms with Crippen molar-refractivity contribution in [3.63, 3.8) is 0 Å². The van der Waals surface area contributed by atoms with Gasteiger partial charge in [-0.05, 0) is 19.9 Å². The molecule has 3 nitrogen and oxygen atoms in total. The summed E-state index contributed by atoms with van der Waals surface area (Å²) in [5, 5.41) is 0. The van der Waals surface area contributed by atoms with Gasteiger partial charge in [0.1, 0.15) is 6.73 Å². The highest BCUT2D eigenvalue weighted by molar-refractivity contribution is 6.76. The van der Waals surface area contributed by atoms with E-state index in [1.54, 1.807) is 0 Å². The number of aromatic nitrogens is 2. The van der Waals surface area contributed by atoms with Gasteiger partial charge in [0.25, 0.3) is 0 Å². The van der Waals surface area contributed by atoms with E-state index in [2.05, 4.69) is 60.4 Å². The third-order valence-corrected chi connectivity index (χ3v) is 5.28. The van der Waals surface area contributed by atoms with Gasteiger partial charge < -0.3 is 9.30 Å². The first-order chi connectivity index (χ1) is 9.87. The van der Waals surface area contributed by atoms with Gasteiger partial charge in [-0.25, -0.2) is 4.98 Å². The lowest BCUT2D eigenvalue weighted by molar-refractivity contribution is 0.0881. The maximum absolute atomic E-state index is 5.85. The van der Waals surface area contributed by atoms with Crippen molar-refractivity contribution in [2.24, 2.45) is 0 Å².